The van der Waals surface area contributed by atoms with Crippen molar-refractivity contribution in [3.8, 4) is 11.5 Å². The fraction of sp³-hybridized carbons (Fsp3) is 0.522. The van der Waals surface area contributed by atoms with Gasteiger partial charge in [-0.05, 0) is 50.3 Å². The molecule has 1 aromatic carbocycles. The molecule has 7 nitrogen and oxygen atoms in total. The smallest absolute Gasteiger partial charge is 0.326 e. The molecule has 8 heteroatoms. The first-order valence-electron chi connectivity index (χ1n) is 10.6. The molecular weight excluding hydrogens is 464 g/mol. The van der Waals surface area contributed by atoms with Gasteiger partial charge in [0.1, 0.15) is 17.5 Å². The van der Waals surface area contributed by atoms with Gasteiger partial charge in [-0.3, -0.25) is 4.79 Å². The van der Waals surface area contributed by atoms with Crippen molar-refractivity contribution < 1.29 is 23.8 Å². The molecule has 168 valence electrons. The van der Waals surface area contributed by atoms with E-state index in [4.69, 9.17) is 9.15 Å². The van der Waals surface area contributed by atoms with Crippen LogP contribution in [0.25, 0.3) is 11.5 Å². The van der Waals surface area contributed by atoms with Gasteiger partial charge in [-0.25, -0.2) is 9.78 Å². The van der Waals surface area contributed by atoms with E-state index in [1.807, 2.05) is 31.2 Å². The number of aliphatic carboxylic acids is 1. The zero-order valence-electron chi connectivity index (χ0n) is 18.1. The van der Waals surface area contributed by atoms with Gasteiger partial charge in [-0.15, -0.1) is 0 Å². The molecule has 1 fully saturated rings. The minimum atomic E-state index is -1.00. The first-order valence-corrected chi connectivity index (χ1v) is 11.4. The average Bonchev–Trinajstić information content (AvgIpc) is 3.10. The molecule has 0 unspecified atom stereocenters. The number of aromatic nitrogens is 1. The summed E-state index contributed by atoms with van der Waals surface area (Å²) in [5, 5.41) is 12.0. The monoisotopic (exact) mass is 492 g/mol. The predicted octanol–water partition coefficient (Wildman–Crippen LogP) is 4.71. The first-order chi connectivity index (χ1) is 14.7. The summed E-state index contributed by atoms with van der Waals surface area (Å²) in [4.78, 5) is 28.6. The summed E-state index contributed by atoms with van der Waals surface area (Å²) in [6, 6.07) is 6.88. The quantitative estimate of drug-likeness (QED) is 0.552. The Morgan fingerprint density at radius 1 is 1.35 bits per heavy atom. The Kier molecular flexibility index (Phi) is 7.89. The van der Waals surface area contributed by atoms with Crippen LogP contribution < -0.4 is 5.32 Å². The van der Waals surface area contributed by atoms with Crippen LogP contribution in [0.2, 0.25) is 0 Å². The van der Waals surface area contributed by atoms with E-state index in [0.717, 1.165) is 35.0 Å². The lowest BCUT2D eigenvalue weighted by atomic mass is 9.86. The van der Waals surface area contributed by atoms with Crippen LogP contribution in [0.15, 0.2) is 33.2 Å². The zero-order chi connectivity index (χ0) is 22.5. The second kappa shape index (κ2) is 10.4. The van der Waals surface area contributed by atoms with Crippen molar-refractivity contribution in [2.45, 2.75) is 65.2 Å². The number of hydrogen-bond donors (Lipinski definition) is 2. The van der Waals surface area contributed by atoms with Gasteiger partial charge in [-0.2, -0.15) is 0 Å². The maximum atomic E-state index is 12.6. The van der Waals surface area contributed by atoms with Crippen molar-refractivity contribution in [3.63, 3.8) is 0 Å². The second-order valence-electron chi connectivity index (χ2n) is 8.40. The molecule has 3 rings (SSSR count). The van der Waals surface area contributed by atoms with Crippen LogP contribution in [0.4, 0.5) is 0 Å². The van der Waals surface area contributed by atoms with Crippen LogP contribution in [0.1, 0.15) is 51.0 Å². The second-order valence-corrected chi connectivity index (χ2v) is 9.31. The van der Waals surface area contributed by atoms with E-state index in [2.05, 4.69) is 26.2 Å². The van der Waals surface area contributed by atoms with E-state index in [1.165, 1.54) is 0 Å². The van der Waals surface area contributed by atoms with E-state index in [1.54, 1.807) is 13.8 Å². The lowest BCUT2D eigenvalue weighted by molar-refractivity contribution is -0.144. The molecule has 1 aliphatic carbocycles. The third-order valence-electron chi connectivity index (χ3n) is 5.65. The number of amides is 1. The fourth-order valence-electron chi connectivity index (χ4n) is 3.82. The molecule has 0 saturated heterocycles. The van der Waals surface area contributed by atoms with E-state index >= 15 is 0 Å². The third-order valence-corrected chi connectivity index (χ3v) is 6.14. The number of benzene rings is 1. The normalized spacial score (nSPS) is 19.9. The maximum Gasteiger partial charge on any atom is 0.326 e. The number of hydrogen-bond acceptors (Lipinski definition) is 5. The van der Waals surface area contributed by atoms with Crippen molar-refractivity contribution in [2.24, 2.45) is 11.8 Å². The number of aryl methyl sites for hydroxylation is 1. The van der Waals surface area contributed by atoms with Crippen LogP contribution in [-0.2, 0) is 20.9 Å². The Morgan fingerprint density at radius 2 is 2.13 bits per heavy atom. The largest absolute Gasteiger partial charge is 0.480 e. The molecule has 0 aliphatic heterocycles. The van der Waals surface area contributed by atoms with Crippen molar-refractivity contribution in [3.05, 3.63) is 40.2 Å². The van der Waals surface area contributed by atoms with Crippen LogP contribution >= 0.6 is 15.9 Å². The van der Waals surface area contributed by atoms with E-state index < -0.39 is 12.0 Å². The lowest BCUT2D eigenvalue weighted by Gasteiger charge is -2.29. The first kappa shape index (κ1) is 23.5. The van der Waals surface area contributed by atoms with Crippen LogP contribution in [0.3, 0.4) is 0 Å². The van der Waals surface area contributed by atoms with E-state index in [-0.39, 0.29) is 23.8 Å². The minimum absolute atomic E-state index is 0.0720. The minimum Gasteiger partial charge on any atom is -0.480 e. The SMILES string of the molecule is Cc1oc(-c2cccc(Br)c2)nc1CO[C@@H]1CCC[C@H](C(=O)N[C@H](C(=O)O)C(C)C)C1. The number of carbonyl (C=O) groups is 2. The van der Waals surface area contributed by atoms with E-state index in [9.17, 15) is 14.7 Å². The Hall–Kier alpha value is -2.19. The average molecular weight is 493 g/mol. The van der Waals surface area contributed by atoms with E-state index in [0.29, 0.717) is 24.7 Å². The third kappa shape index (κ3) is 6.17. The maximum absolute atomic E-state index is 12.6. The molecule has 2 aromatic rings. The van der Waals surface area contributed by atoms with Gasteiger partial charge in [0.05, 0.1) is 12.7 Å². The molecule has 1 aliphatic rings. The Labute approximate surface area is 190 Å². The molecule has 0 spiro atoms. The van der Waals surface area contributed by atoms with Gasteiger partial charge in [0.15, 0.2) is 0 Å². The summed E-state index contributed by atoms with van der Waals surface area (Å²) in [5.74, 6) is -0.367. The molecular formula is C23H29BrN2O5. The number of halogens is 1. The number of carbonyl (C=O) groups excluding carboxylic acids is 1. The summed E-state index contributed by atoms with van der Waals surface area (Å²) in [6.45, 7) is 5.75. The summed E-state index contributed by atoms with van der Waals surface area (Å²) >= 11 is 3.46. The predicted molar refractivity (Wildman–Crippen MR) is 119 cm³/mol. The number of nitrogens with zero attached hydrogens (tertiary/aromatic N) is 1. The lowest BCUT2D eigenvalue weighted by Crippen LogP contribution is -2.47. The van der Waals surface area contributed by atoms with Gasteiger partial charge in [0.2, 0.25) is 11.8 Å². The van der Waals surface area contributed by atoms with Gasteiger partial charge in [0, 0.05) is 16.0 Å². The Balaban J connectivity index is 1.58. The van der Waals surface area contributed by atoms with Crippen LogP contribution in [-0.4, -0.2) is 34.1 Å². The number of rotatable bonds is 8. The van der Waals surface area contributed by atoms with Crippen molar-refractivity contribution in [1.82, 2.24) is 10.3 Å². The summed E-state index contributed by atoms with van der Waals surface area (Å²) in [6.07, 6.45) is 2.98. The highest BCUT2D eigenvalue weighted by Crippen LogP contribution is 2.29. The van der Waals surface area contributed by atoms with Gasteiger partial charge >= 0.3 is 5.97 Å². The standard InChI is InChI=1S/C23H29BrN2O5/c1-13(2)20(23(28)29)26-21(27)15-6-5-9-18(11-15)30-12-19-14(3)31-22(25-19)16-7-4-8-17(24)10-16/h4,7-8,10,13,15,18,20H,5-6,9,11-12H2,1-3H3,(H,26,27)(H,28,29)/t15-,18+,20-/m0/s1. The zero-order valence-corrected chi connectivity index (χ0v) is 19.6. The van der Waals surface area contributed by atoms with Crippen molar-refractivity contribution in [1.29, 1.82) is 0 Å². The molecule has 0 radical (unpaired) electrons. The topological polar surface area (TPSA) is 102 Å². The number of nitrogens with one attached hydrogen (secondary N) is 1. The summed E-state index contributed by atoms with van der Waals surface area (Å²) < 4.78 is 12.8. The molecule has 1 aromatic heterocycles. The van der Waals surface area contributed by atoms with Crippen LogP contribution in [0.5, 0.6) is 0 Å². The van der Waals surface area contributed by atoms with Crippen molar-refractivity contribution >= 4 is 27.8 Å². The van der Waals surface area contributed by atoms with Gasteiger partial charge in [-0.1, -0.05) is 42.3 Å². The molecule has 1 amide bonds. The van der Waals surface area contributed by atoms with Gasteiger partial charge in [0.25, 0.3) is 0 Å². The summed E-state index contributed by atoms with van der Waals surface area (Å²) in [7, 11) is 0. The highest BCUT2D eigenvalue weighted by atomic mass is 79.9. The Morgan fingerprint density at radius 3 is 2.81 bits per heavy atom. The fourth-order valence-corrected chi connectivity index (χ4v) is 4.22. The number of carboxylic acids is 1. The number of ether oxygens (including phenoxy) is 1. The summed E-state index contributed by atoms with van der Waals surface area (Å²) in [5.41, 5.74) is 1.63. The van der Waals surface area contributed by atoms with Gasteiger partial charge < -0.3 is 19.6 Å². The number of carboxylic acid groups (broad SMARTS) is 1. The van der Waals surface area contributed by atoms with Crippen molar-refractivity contribution in [2.75, 3.05) is 0 Å². The molecule has 3 atom stereocenters. The highest BCUT2D eigenvalue weighted by Gasteiger charge is 2.31. The molecule has 2 N–H and O–H groups in total. The molecule has 31 heavy (non-hydrogen) atoms. The Bertz CT molecular complexity index is 926. The number of oxazole rings is 1. The highest BCUT2D eigenvalue weighted by molar-refractivity contribution is 9.10. The molecule has 1 heterocycles. The molecule has 1 saturated carbocycles. The van der Waals surface area contributed by atoms with Crippen LogP contribution in [0, 0.1) is 18.8 Å². The molecule has 0 bridgehead atoms.